The molecule has 6 atom stereocenters. The van der Waals surface area contributed by atoms with E-state index in [9.17, 15) is 23.4 Å². The maximum atomic E-state index is 15.1. The van der Waals surface area contributed by atoms with Gasteiger partial charge in [-0.15, -0.1) is 0 Å². The molecule has 10 N–H and O–H groups in total. The molecule has 17 rings (SSSR count). The molecule has 12 heterocycles. The number of morpholine rings is 1. The zero-order valence-corrected chi connectivity index (χ0v) is 55.3. The van der Waals surface area contributed by atoms with Crippen molar-refractivity contribution in [1.82, 2.24) is 74.8 Å². The standard InChI is InChI=1S/C23H24F2N8O2.C23H24FN7O2.C21H22FN7O3/c1-10(34)19-28-6-11(7-29-19)35-22-31-20-16(15-17(25)12(24)5-13(27-2)18(15)30-20)21(32-22)33-8-23(9-33)4-3-14(23)26;1-11(32-3)20-26-7-15(8-27-20)33-23-29-21-18(22(30-23)31-9-12-4-13(12)10-31)16-5-14(24)6-17(25-2)19(16)28-21;1-11(30)18-24-9-13(10-25-18)32-21-27-19-16(20(28-21)29-3-5-31-6-4-29)14-7-12(22)8-15(23-2)17(14)26-19/h5-7,10,14,27,34H,3-4,8-9,26H2,1-2H3,(H,30,31,32);5-8,11-13,25H,4,9-10H2,1-3H3,(H,28,29,30);7-11,23,30H,3-6H2,1-2H3,(H,26,27,28)/t10-,14-;;11-/m0.1/s1. The minimum Gasteiger partial charge on any atom is -0.421 e. The molecule has 5 fully saturated rings. The first kappa shape index (κ1) is 65.2. The molecule has 2 aliphatic carbocycles. The molecule has 0 amide bonds. The van der Waals surface area contributed by atoms with E-state index in [4.69, 9.17) is 34.4 Å². The van der Waals surface area contributed by atoms with Crippen molar-refractivity contribution in [2.45, 2.75) is 64.4 Å². The minimum absolute atomic E-state index is 0.00167. The number of piperidine rings is 1. The number of anilines is 6. The first-order valence-electron chi connectivity index (χ1n) is 32.6. The van der Waals surface area contributed by atoms with Crippen molar-refractivity contribution in [3.63, 3.8) is 0 Å². The third kappa shape index (κ3) is 12.1. The van der Waals surface area contributed by atoms with Gasteiger partial charge in [0.1, 0.15) is 64.3 Å². The summed E-state index contributed by atoms with van der Waals surface area (Å²) in [5.41, 5.74) is 11.3. The molecule has 9 aromatic heterocycles. The highest BCUT2D eigenvalue weighted by atomic mass is 19.2. The van der Waals surface area contributed by atoms with E-state index >= 15 is 4.39 Å². The quantitative estimate of drug-likeness (QED) is 0.0406. The van der Waals surface area contributed by atoms with E-state index in [2.05, 4.69) is 95.5 Å². The summed E-state index contributed by atoms with van der Waals surface area (Å²) < 4.78 is 86.6. The highest BCUT2D eigenvalue weighted by Crippen LogP contribution is 2.52. The molecular formula is C67H70F4N22O7. The largest absolute Gasteiger partial charge is 0.421 e. The molecule has 12 aromatic rings. The van der Waals surface area contributed by atoms with Gasteiger partial charge in [-0.25, -0.2) is 47.5 Å². The maximum Gasteiger partial charge on any atom is 0.326 e. The molecule has 3 unspecified atom stereocenters. The summed E-state index contributed by atoms with van der Waals surface area (Å²) in [5, 5.41) is 31.6. The van der Waals surface area contributed by atoms with E-state index in [0.29, 0.717) is 142 Å². The van der Waals surface area contributed by atoms with Crippen LogP contribution in [0.4, 0.5) is 52.1 Å². The fraction of sp³-hybridized carbons (Fsp3) is 0.373. The van der Waals surface area contributed by atoms with Crippen LogP contribution in [0.1, 0.15) is 75.8 Å². The SMILES string of the molecule is CNc1cc(F)c(F)c2c1[nH]c1nc(Oc3cnc([C@H](C)O)nc3)nc(N3CC4(CC[C@@H]4N)C3)c12.CNc1cc(F)cc2c1[nH]c1nc(Oc3cnc(C(C)OC)nc3)nc(N3CC4CC4C3)c12.CNc1cc(F)cc2c1[nH]c1nc(Oc3cnc([C@@H](C)O)nc3)nc(N3CCOCC3)c12. The zero-order chi connectivity index (χ0) is 69.4. The van der Waals surface area contributed by atoms with Crippen LogP contribution in [-0.4, -0.2) is 172 Å². The minimum atomic E-state index is -0.971. The number of nitrogens with two attached hydrogens (primary N) is 1. The van der Waals surface area contributed by atoms with Crippen LogP contribution in [0.2, 0.25) is 0 Å². The Morgan fingerprint density at radius 3 is 1.42 bits per heavy atom. The number of aliphatic hydroxyl groups is 2. The zero-order valence-electron chi connectivity index (χ0n) is 55.3. The molecule has 33 heteroatoms. The third-order valence-electron chi connectivity index (χ3n) is 19.0. The predicted octanol–water partition coefficient (Wildman–Crippen LogP) is 9.80. The molecule has 29 nitrogen and oxygen atoms in total. The molecule has 0 radical (unpaired) electrons. The summed E-state index contributed by atoms with van der Waals surface area (Å²) in [5.74, 6) is 2.77. The van der Waals surface area contributed by atoms with Crippen LogP contribution in [0.15, 0.2) is 67.5 Å². The predicted molar refractivity (Wildman–Crippen MR) is 364 cm³/mol. The molecule has 3 aliphatic heterocycles. The summed E-state index contributed by atoms with van der Waals surface area (Å²) in [6.07, 6.45) is 10.3. The molecule has 3 saturated heterocycles. The van der Waals surface area contributed by atoms with Crippen LogP contribution in [0, 0.1) is 40.5 Å². The average Bonchev–Trinajstić information content (AvgIpc) is 1.33. The van der Waals surface area contributed by atoms with E-state index in [1.54, 1.807) is 54.5 Å². The molecule has 1 spiro atoms. The van der Waals surface area contributed by atoms with Gasteiger partial charge in [-0.05, 0) is 76.1 Å². The van der Waals surface area contributed by atoms with Gasteiger partial charge in [0.2, 0.25) is 0 Å². The Morgan fingerprint density at radius 1 is 0.560 bits per heavy atom. The molecule has 100 heavy (non-hydrogen) atoms. The Morgan fingerprint density at radius 2 is 0.990 bits per heavy atom. The van der Waals surface area contributed by atoms with Gasteiger partial charge in [-0.2, -0.15) is 29.9 Å². The van der Waals surface area contributed by atoms with Gasteiger partial charge in [0.15, 0.2) is 46.4 Å². The van der Waals surface area contributed by atoms with Crippen molar-refractivity contribution in [3.8, 4) is 35.3 Å². The van der Waals surface area contributed by atoms with Gasteiger partial charge in [-0.3, -0.25) is 0 Å². The van der Waals surface area contributed by atoms with Crippen LogP contribution in [0.3, 0.4) is 0 Å². The number of benzene rings is 3. The van der Waals surface area contributed by atoms with Crippen LogP contribution in [0.5, 0.6) is 35.3 Å². The van der Waals surface area contributed by atoms with Crippen molar-refractivity contribution in [2.24, 2.45) is 23.0 Å². The lowest BCUT2D eigenvalue weighted by Gasteiger charge is -2.60. The Balaban J connectivity index is 0.000000122. The van der Waals surface area contributed by atoms with Gasteiger partial charge in [0.05, 0.1) is 106 Å². The van der Waals surface area contributed by atoms with Crippen molar-refractivity contribution >= 4 is 100 Å². The second kappa shape index (κ2) is 26.2. The number of aliphatic hydroxyl groups excluding tert-OH is 2. The van der Waals surface area contributed by atoms with E-state index < -0.39 is 23.8 Å². The highest BCUT2D eigenvalue weighted by molar-refractivity contribution is 6.17. The highest BCUT2D eigenvalue weighted by Gasteiger charge is 2.54. The average molecular weight is 1370 g/mol. The summed E-state index contributed by atoms with van der Waals surface area (Å²) in [7, 11) is 6.74. The van der Waals surface area contributed by atoms with Crippen LogP contribution in [0.25, 0.3) is 65.8 Å². The number of rotatable bonds is 16. The second-order valence-electron chi connectivity index (χ2n) is 25.5. The molecular weight excluding hydrogens is 1300 g/mol. The Labute approximate surface area is 566 Å². The van der Waals surface area contributed by atoms with Crippen molar-refractivity contribution in [3.05, 3.63) is 108 Å². The first-order chi connectivity index (χ1) is 48.4. The summed E-state index contributed by atoms with van der Waals surface area (Å²) in [4.78, 5) is 68.5. The molecule has 3 aromatic carbocycles. The lowest BCUT2D eigenvalue weighted by atomic mass is 9.60. The number of halogens is 4. The summed E-state index contributed by atoms with van der Waals surface area (Å²) in [6, 6.07) is 7.41. The van der Waals surface area contributed by atoms with E-state index in [0.717, 1.165) is 59.6 Å². The van der Waals surface area contributed by atoms with Gasteiger partial charge in [-0.1, -0.05) is 0 Å². The smallest absolute Gasteiger partial charge is 0.326 e. The number of methoxy groups -OCH3 is 1. The van der Waals surface area contributed by atoms with Crippen molar-refractivity contribution in [2.75, 3.05) is 111 Å². The van der Waals surface area contributed by atoms with E-state index in [1.807, 2.05) is 11.8 Å². The lowest BCUT2D eigenvalue weighted by molar-refractivity contribution is 0.0559. The van der Waals surface area contributed by atoms with E-state index in [-0.39, 0.29) is 64.2 Å². The van der Waals surface area contributed by atoms with Gasteiger partial charge in [0, 0.05) is 95.8 Å². The molecule has 0 bridgehead atoms. The van der Waals surface area contributed by atoms with Gasteiger partial charge >= 0.3 is 18.0 Å². The monoisotopic (exact) mass is 1370 g/mol. The fourth-order valence-corrected chi connectivity index (χ4v) is 13.4. The Kier molecular flexibility index (Phi) is 17.1. The van der Waals surface area contributed by atoms with Crippen LogP contribution < -0.4 is 50.6 Å². The topological polar surface area (TPSA) is 360 Å². The number of nitrogens with one attached hydrogen (secondary N) is 6. The number of H-pyrrole nitrogens is 3. The molecule has 2 saturated carbocycles. The number of fused-ring (bicyclic) bond motifs is 10. The number of aromatic amines is 3. The number of nitrogens with zero attached hydrogens (tertiary/aromatic N) is 15. The molecule has 5 aliphatic rings. The third-order valence-corrected chi connectivity index (χ3v) is 19.0. The van der Waals surface area contributed by atoms with Crippen LogP contribution >= 0.6 is 0 Å². The summed E-state index contributed by atoms with van der Waals surface area (Å²) in [6.45, 7) is 10.6. The first-order valence-corrected chi connectivity index (χ1v) is 32.6. The van der Waals surface area contributed by atoms with Gasteiger partial charge in [0.25, 0.3) is 0 Å². The van der Waals surface area contributed by atoms with Gasteiger partial charge < -0.3 is 85.2 Å². The van der Waals surface area contributed by atoms with Crippen molar-refractivity contribution in [1.29, 1.82) is 0 Å². The summed E-state index contributed by atoms with van der Waals surface area (Å²) >= 11 is 0. The number of hydrogen-bond donors (Lipinski definition) is 9. The second-order valence-corrected chi connectivity index (χ2v) is 25.5. The Bertz CT molecular complexity index is 5070. The lowest BCUT2D eigenvalue weighted by Crippen LogP contribution is -2.69. The van der Waals surface area contributed by atoms with Crippen molar-refractivity contribution < 1.29 is 51.5 Å². The normalized spacial score (nSPS) is 18.5. The number of hydrogen-bond acceptors (Lipinski definition) is 26. The maximum absolute atomic E-state index is 15.1. The molecule has 518 valence electrons. The van der Waals surface area contributed by atoms with Crippen LogP contribution in [-0.2, 0) is 9.47 Å². The number of aromatic nitrogens is 15. The fourth-order valence-electron chi connectivity index (χ4n) is 13.4. The number of ether oxygens (including phenoxy) is 5. The van der Waals surface area contributed by atoms with E-state index in [1.165, 1.54) is 55.5 Å². The Hall–Kier alpha value is -10.7.